The molecule has 2 rings (SSSR count). The highest BCUT2D eigenvalue weighted by Crippen LogP contribution is 2.06. The third-order valence-electron chi connectivity index (χ3n) is 2.23. The summed E-state index contributed by atoms with van der Waals surface area (Å²) < 4.78 is 0. The number of allylic oxidation sites excluding steroid dienone is 2. The second-order valence-corrected chi connectivity index (χ2v) is 3.63. The maximum absolute atomic E-state index is 3.36. The molecule has 0 saturated carbocycles. The molecule has 2 aromatic rings. The molecule has 0 fully saturated rings. The van der Waals surface area contributed by atoms with Crippen LogP contribution in [0.5, 0.6) is 0 Å². The Morgan fingerprint density at radius 2 is 0.889 bits per heavy atom. The van der Waals surface area contributed by atoms with E-state index in [2.05, 4.69) is 49.6 Å². The first-order chi connectivity index (χ1) is 8.86. The monoisotopic (exact) mass is 234 g/mol. The van der Waals surface area contributed by atoms with Gasteiger partial charge in [-0.15, -0.1) is 0 Å². The Morgan fingerprint density at radius 3 is 1.17 bits per heavy atom. The van der Waals surface area contributed by atoms with Crippen molar-refractivity contribution >= 4 is 12.2 Å². The van der Waals surface area contributed by atoms with Crippen molar-refractivity contribution in [3.63, 3.8) is 0 Å². The van der Waals surface area contributed by atoms with Gasteiger partial charge in [-0.3, -0.25) is 0 Å². The SMILES string of the molecule is C(=Cc1ccccc1)c1ccccc1.C=CC=C. The summed E-state index contributed by atoms with van der Waals surface area (Å²) >= 11 is 0. The van der Waals surface area contributed by atoms with E-state index in [1.807, 2.05) is 36.4 Å². The van der Waals surface area contributed by atoms with Crippen molar-refractivity contribution in [3.8, 4) is 0 Å². The molecule has 0 heterocycles. The van der Waals surface area contributed by atoms with Crippen LogP contribution in [0.4, 0.5) is 0 Å². The van der Waals surface area contributed by atoms with Crippen LogP contribution in [0.1, 0.15) is 11.1 Å². The summed E-state index contributed by atoms with van der Waals surface area (Å²) in [6, 6.07) is 20.6. The average molecular weight is 234 g/mol. The molecular formula is C18H18. The van der Waals surface area contributed by atoms with Crippen LogP contribution in [0.15, 0.2) is 86.0 Å². The van der Waals surface area contributed by atoms with Crippen LogP contribution in [-0.2, 0) is 0 Å². The first-order valence-electron chi connectivity index (χ1n) is 5.88. The number of hydrogen-bond acceptors (Lipinski definition) is 0. The normalized spacial score (nSPS) is 9.33. The summed E-state index contributed by atoms with van der Waals surface area (Å²) in [4.78, 5) is 0. The van der Waals surface area contributed by atoms with Crippen molar-refractivity contribution in [1.82, 2.24) is 0 Å². The molecule has 0 amide bonds. The molecule has 0 heteroatoms. The second kappa shape index (κ2) is 8.77. The molecule has 18 heavy (non-hydrogen) atoms. The Labute approximate surface area is 110 Å². The molecule has 0 saturated heterocycles. The standard InChI is InChI=1S/C14H12.C4H6/c1-3-7-13(8-4-1)11-12-14-9-5-2-6-10-14;1-3-4-2/h1-12H;3-4H,1-2H2. The van der Waals surface area contributed by atoms with Gasteiger partial charge in [-0.1, -0.05) is 98.1 Å². The minimum Gasteiger partial charge on any atom is -0.0991 e. The molecule has 0 bridgehead atoms. The minimum absolute atomic E-state index is 1.23. The van der Waals surface area contributed by atoms with Crippen LogP contribution >= 0.6 is 0 Å². The van der Waals surface area contributed by atoms with Gasteiger partial charge in [0, 0.05) is 0 Å². The number of rotatable bonds is 3. The molecule has 0 unspecified atom stereocenters. The minimum atomic E-state index is 1.23. The average Bonchev–Trinajstić information content (AvgIpc) is 2.47. The van der Waals surface area contributed by atoms with Gasteiger partial charge in [-0.25, -0.2) is 0 Å². The third kappa shape index (κ3) is 5.66. The van der Waals surface area contributed by atoms with Gasteiger partial charge in [-0.05, 0) is 11.1 Å². The lowest BCUT2D eigenvalue weighted by molar-refractivity contribution is 1.65. The maximum atomic E-state index is 3.36. The predicted molar refractivity (Wildman–Crippen MR) is 82.2 cm³/mol. The van der Waals surface area contributed by atoms with E-state index in [1.165, 1.54) is 11.1 Å². The topological polar surface area (TPSA) is 0 Å². The predicted octanol–water partition coefficient (Wildman–Crippen LogP) is 5.22. The van der Waals surface area contributed by atoms with Gasteiger partial charge in [0.05, 0.1) is 0 Å². The van der Waals surface area contributed by atoms with E-state index in [9.17, 15) is 0 Å². The summed E-state index contributed by atoms with van der Waals surface area (Å²) in [6.07, 6.45) is 7.52. The Balaban J connectivity index is 0.000000357. The van der Waals surface area contributed by atoms with Crippen molar-refractivity contribution in [1.29, 1.82) is 0 Å². The molecule has 0 atom stereocenters. The molecule has 0 aliphatic carbocycles. The quantitative estimate of drug-likeness (QED) is 0.505. The smallest absolute Gasteiger partial charge is 0.0256 e. The van der Waals surface area contributed by atoms with E-state index in [4.69, 9.17) is 0 Å². The Morgan fingerprint density at radius 1 is 0.556 bits per heavy atom. The van der Waals surface area contributed by atoms with E-state index in [0.29, 0.717) is 0 Å². The van der Waals surface area contributed by atoms with E-state index in [0.717, 1.165) is 0 Å². The summed E-state index contributed by atoms with van der Waals surface area (Å²) in [7, 11) is 0. The lowest BCUT2D eigenvalue weighted by atomic mass is 10.1. The van der Waals surface area contributed by atoms with Crippen molar-refractivity contribution in [2.24, 2.45) is 0 Å². The molecular weight excluding hydrogens is 216 g/mol. The molecule has 0 aliphatic rings. The van der Waals surface area contributed by atoms with Gasteiger partial charge in [0.25, 0.3) is 0 Å². The lowest BCUT2D eigenvalue weighted by Gasteiger charge is -1.92. The van der Waals surface area contributed by atoms with Crippen LogP contribution in [-0.4, -0.2) is 0 Å². The fraction of sp³-hybridized carbons (Fsp3) is 0. The first kappa shape index (κ1) is 13.7. The van der Waals surface area contributed by atoms with E-state index < -0.39 is 0 Å². The second-order valence-electron chi connectivity index (χ2n) is 3.63. The van der Waals surface area contributed by atoms with Crippen molar-refractivity contribution in [3.05, 3.63) is 97.1 Å². The van der Waals surface area contributed by atoms with Gasteiger partial charge in [0.1, 0.15) is 0 Å². The highest BCUT2D eigenvalue weighted by Gasteiger charge is 1.84. The van der Waals surface area contributed by atoms with Gasteiger partial charge >= 0.3 is 0 Å². The summed E-state index contributed by atoms with van der Waals surface area (Å²) in [5.74, 6) is 0. The number of hydrogen-bond donors (Lipinski definition) is 0. The van der Waals surface area contributed by atoms with Gasteiger partial charge < -0.3 is 0 Å². The van der Waals surface area contributed by atoms with Crippen LogP contribution in [0.2, 0.25) is 0 Å². The van der Waals surface area contributed by atoms with Gasteiger partial charge in [0.15, 0.2) is 0 Å². The van der Waals surface area contributed by atoms with E-state index in [-0.39, 0.29) is 0 Å². The Kier molecular flexibility index (Phi) is 6.69. The molecule has 0 N–H and O–H groups in total. The highest BCUT2D eigenvalue weighted by molar-refractivity contribution is 5.69. The zero-order valence-corrected chi connectivity index (χ0v) is 10.5. The van der Waals surface area contributed by atoms with Crippen LogP contribution in [0.3, 0.4) is 0 Å². The molecule has 2 aromatic carbocycles. The van der Waals surface area contributed by atoms with Crippen LogP contribution < -0.4 is 0 Å². The van der Waals surface area contributed by atoms with Crippen LogP contribution in [0, 0.1) is 0 Å². The zero-order chi connectivity index (χ0) is 13.1. The largest absolute Gasteiger partial charge is 0.0991 e. The van der Waals surface area contributed by atoms with Crippen LogP contribution in [0.25, 0.3) is 12.2 Å². The van der Waals surface area contributed by atoms with Gasteiger partial charge in [-0.2, -0.15) is 0 Å². The number of benzene rings is 2. The van der Waals surface area contributed by atoms with Crippen molar-refractivity contribution < 1.29 is 0 Å². The molecule has 0 nitrogen and oxygen atoms in total. The molecule has 0 aromatic heterocycles. The third-order valence-corrected chi connectivity index (χ3v) is 2.23. The molecule has 0 radical (unpaired) electrons. The first-order valence-corrected chi connectivity index (χ1v) is 5.88. The molecule has 0 aliphatic heterocycles. The lowest BCUT2D eigenvalue weighted by Crippen LogP contribution is -1.70. The Bertz CT molecular complexity index is 430. The summed E-state index contributed by atoms with van der Waals surface area (Å²) in [6.45, 7) is 6.72. The van der Waals surface area contributed by atoms with Crippen molar-refractivity contribution in [2.45, 2.75) is 0 Å². The van der Waals surface area contributed by atoms with E-state index >= 15 is 0 Å². The molecule has 90 valence electrons. The summed E-state index contributed by atoms with van der Waals surface area (Å²) in [5.41, 5.74) is 2.47. The molecule has 0 spiro atoms. The fourth-order valence-electron chi connectivity index (χ4n) is 1.32. The zero-order valence-electron chi connectivity index (χ0n) is 10.5. The van der Waals surface area contributed by atoms with E-state index in [1.54, 1.807) is 12.2 Å². The Hall–Kier alpha value is -2.34. The summed E-state index contributed by atoms with van der Waals surface area (Å²) in [5, 5.41) is 0. The highest BCUT2D eigenvalue weighted by atomic mass is 13.9. The van der Waals surface area contributed by atoms with Gasteiger partial charge in [0.2, 0.25) is 0 Å². The fourth-order valence-corrected chi connectivity index (χ4v) is 1.32. The van der Waals surface area contributed by atoms with Crippen molar-refractivity contribution in [2.75, 3.05) is 0 Å². The maximum Gasteiger partial charge on any atom is -0.0256 e.